The number of aliphatic imine (C=N–C) groups is 1. The molecule has 1 aromatic carbocycles. The molecule has 0 aliphatic carbocycles. The van der Waals surface area contributed by atoms with Gasteiger partial charge >= 0.3 is 6.18 Å². The predicted octanol–water partition coefficient (Wildman–Crippen LogP) is 0.716. The Morgan fingerprint density at radius 1 is 1.27 bits per heavy atom. The van der Waals surface area contributed by atoms with Crippen molar-refractivity contribution in [3.63, 3.8) is 0 Å². The van der Waals surface area contributed by atoms with Crippen molar-refractivity contribution < 1.29 is 32.9 Å². The maximum atomic E-state index is 13.6. The maximum absolute atomic E-state index is 13.6. The van der Waals surface area contributed by atoms with E-state index in [2.05, 4.69) is 10.3 Å². The molecule has 0 radical (unpaired) electrons. The van der Waals surface area contributed by atoms with Gasteiger partial charge in [0.15, 0.2) is 5.17 Å². The number of ether oxygens (including phenoxy) is 2. The Balaban J connectivity index is 1.84. The van der Waals surface area contributed by atoms with Crippen LogP contribution in [0.1, 0.15) is 0 Å². The first-order valence-electron chi connectivity index (χ1n) is 7.73. The number of amidine groups is 1. The van der Waals surface area contributed by atoms with E-state index >= 15 is 0 Å². The Morgan fingerprint density at radius 3 is 2.50 bits per heavy atom. The van der Waals surface area contributed by atoms with Gasteiger partial charge in [-0.2, -0.15) is 13.2 Å². The molecule has 26 heavy (non-hydrogen) atoms. The monoisotopic (exact) mass is 393 g/mol. The average molecular weight is 393 g/mol. The number of alkyl halides is 3. The highest BCUT2D eigenvalue weighted by molar-refractivity contribution is 8.14. The zero-order chi connectivity index (χ0) is 19.1. The molecule has 1 unspecified atom stereocenters. The number of nitrogen functional groups attached to an aromatic ring is 1. The van der Waals surface area contributed by atoms with Crippen LogP contribution in [0, 0.1) is 0 Å². The van der Waals surface area contributed by atoms with Crippen LogP contribution in [0.2, 0.25) is 0 Å². The molecule has 144 valence electrons. The number of rotatable bonds is 3. The summed E-state index contributed by atoms with van der Waals surface area (Å²) in [6, 6.07) is 4.50. The molecule has 3 rings (SSSR count). The zero-order valence-electron chi connectivity index (χ0n) is 13.6. The number of benzene rings is 1. The van der Waals surface area contributed by atoms with E-state index < -0.39 is 42.1 Å². The third kappa shape index (κ3) is 3.70. The summed E-state index contributed by atoms with van der Waals surface area (Å²) in [6.45, 7) is 0. The molecule has 0 saturated carbocycles. The van der Waals surface area contributed by atoms with Gasteiger partial charge in [0.05, 0.1) is 0 Å². The van der Waals surface area contributed by atoms with Crippen LogP contribution in [-0.2, 0) is 4.74 Å². The number of aliphatic hydroxyl groups excluding tert-OH is 2. The molecule has 0 bridgehead atoms. The Kier molecular flexibility index (Phi) is 5.24. The third-order valence-corrected chi connectivity index (χ3v) is 5.23. The van der Waals surface area contributed by atoms with Crippen molar-refractivity contribution >= 4 is 22.6 Å². The fraction of sp³-hybridized carbons (Fsp3) is 0.533. The Labute approximate surface area is 151 Å². The summed E-state index contributed by atoms with van der Waals surface area (Å²) in [5.74, 6) is -0.0832. The smallest absolute Gasteiger partial charge is 0.428 e. The normalized spacial score (nSPS) is 32.5. The van der Waals surface area contributed by atoms with Gasteiger partial charge in [0.2, 0.25) is 6.10 Å². The lowest BCUT2D eigenvalue weighted by molar-refractivity contribution is -0.263. The van der Waals surface area contributed by atoms with Crippen LogP contribution < -0.4 is 15.8 Å². The summed E-state index contributed by atoms with van der Waals surface area (Å²) >= 11 is 1.05. The number of anilines is 1. The van der Waals surface area contributed by atoms with Crippen molar-refractivity contribution in [1.29, 1.82) is 0 Å². The molecule has 11 heteroatoms. The van der Waals surface area contributed by atoms with Crippen molar-refractivity contribution in [2.75, 3.05) is 12.8 Å². The van der Waals surface area contributed by atoms with E-state index in [1.807, 2.05) is 0 Å². The SMILES string of the molecule is CNC1=N[C@@H]2[C@@H](O)[C@H](O)[C@@H](C(Oc3ccc(N)cc3)C(F)(F)F)O[C@@H]2S1. The molecule has 0 aromatic heterocycles. The molecule has 1 aromatic rings. The van der Waals surface area contributed by atoms with Crippen molar-refractivity contribution in [2.45, 2.75) is 42.1 Å². The lowest BCUT2D eigenvalue weighted by Gasteiger charge is -2.41. The highest BCUT2D eigenvalue weighted by Crippen LogP contribution is 2.40. The van der Waals surface area contributed by atoms with Crippen LogP contribution in [0.5, 0.6) is 5.75 Å². The number of hydrogen-bond acceptors (Lipinski definition) is 8. The van der Waals surface area contributed by atoms with E-state index in [-0.39, 0.29) is 5.75 Å². The molecule has 5 N–H and O–H groups in total. The van der Waals surface area contributed by atoms with E-state index in [1.54, 1.807) is 7.05 Å². The largest absolute Gasteiger partial charge is 0.478 e. The van der Waals surface area contributed by atoms with Gasteiger partial charge in [-0.1, -0.05) is 11.8 Å². The molecule has 0 amide bonds. The van der Waals surface area contributed by atoms with Gasteiger partial charge in [0.25, 0.3) is 0 Å². The fourth-order valence-electron chi connectivity index (χ4n) is 2.77. The molecule has 1 saturated heterocycles. The maximum Gasteiger partial charge on any atom is 0.428 e. The quantitative estimate of drug-likeness (QED) is 0.560. The van der Waals surface area contributed by atoms with Crippen LogP contribution in [0.15, 0.2) is 29.3 Å². The molecule has 2 aliphatic heterocycles. The summed E-state index contributed by atoms with van der Waals surface area (Å²) in [6.07, 6.45) is -12.5. The highest BCUT2D eigenvalue weighted by Gasteiger charge is 2.57. The number of hydrogen-bond donors (Lipinski definition) is 4. The van der Waals surface area contributed by atoms with Gasteiger partial charge in [-0.05, 0) is 24.3 Å². The van der Waals surface area contributed by atoms with E-state index in [4.69, 9.17) is 15.2 Å². The first-order chi connectivity index (χ1) is 12.2. The molecule has 6 atom stereocenters. The van der Waals surface area contributed by atoms with E-state index in [1.165, 1.54) is 24.3 Å². The average Bonchev–Trinajstić information content (AvgIpc) is 3.00. The first-order valence-corrected chi connectivity index (χ1v) is 8.61. The minimum atomic E-state index is -4.84. The predicted molar refractivity (Wildman–Crippen MR) is 89.9 cm³/mol. The number of nitrogens with zero attached hydrogens (tertiary/aromatic N) is 1. The van der Waals surface area contributed by atoms with Gasteiger partial charge in [0.1, 0.15) is 35.5 Å². The molecular weight excluding hydrogens is 375 g/mol. The number of fused-ring (bicyclic) bond motifs is 1. The van der Waals surface area contributed by atoms with Crippen molar-refractivity contribution in [1.82, 2.24) is 5.32 Å². The third-order valence-electron chi connectivity index (χ3n) is 4.08. The summed E-state index contributed by atoms with van der Waals surface area (Å²) < 4.78 is 51.3. The molecule has 2 aliphatic rings. The summed E-state index contributed by atoms with van der Waals surface area (Å²) in [5.41, 5.74) is 5.02. The number of halogens is 3. The minimum absolute atomic E-state index is 0.0832. The van der Waals surface area contributed by atoms with Crippen molar-refractivity contribution in [2.24, 2.45) is 4.99 Å². The van der Waals surface area contributed by atoms with E-state index in [0.717, 1.165) is 11.8 Å². The van der Waals surface area contributed by atoms with Gasteiger partial charge in [-0.3, -0.25) is 4.99 Å². The minimum Gasteiger partial charge on any atom is -0.478 e. The first kappa shape index (κ1) is 19.1. The zero-order valence-corrected chi connectivity index (χ0v) is 14.4. The number of nitrogens with two attached hydrogens (primary N) is 1. The topological polar surface area (TPSA) is 109 Å². The Bertz CT molecular complexity index is 673. The summed E-state index contributed by atoms with van der Waals surface area (Å²) in [5, 5.41) is 23.6. The molecule has 7 nitrogen and oxygen atoms in total. The molecular formula is C15H18F3N3O4S. The van der Waals surface area contributed by atoms with Gasteiger partial charge in [-0.15, -0.1) is 0 Å². The number of nitrogens with one attached hydrogen (secondary N) is 1. The molecule has 1 fully saturated rings. The highest BCUT2D eigenvalue weighted by atomic mass is 32.2. The Hall–Kier alpha value is -1.69. The lowest BCUT2D eigenvalue weighted by Crippen LogP contribution is -2.62. The van der Waals surface area contributed by atoms with Crippen molar-refractivity contribution in [3.8, 4) is 5.75 Å². The molecule has 0 spiro atoms. The van der Waals surface area contributed by atoms with Gasteiger partial charge < -0.3 is 30.7 Å². The van der Waals surface area contributed by atoms with Crippen LogP contribution in [0.25, 0.3) is 0 Å². The second-order valence-corrected chi connectivity index (χ2v) is 6.98. The van der Waals surface area contributed by atoms with Crippen LogP contribution >= 0.6 is 11.8 Å². The van der Waals surface area contributed by atoms with E-state index in [0.29, 0.717) is 10.9 Å². The number of thioether (sulfide) groups is 1. The van der Waals surface area contributed by atoms with Gasteiger partial charge in [0, 0.05) is 12.7 Å². The second kappa shape index (κ2) is 7.14. The second-order valence-electron chi connectivity index (χ2n) is 5.89. The standard InChI is InChI=1S/C15H18F3N3O4S/c1-20-14-21-8-9(22)10(23)11(25-13(8)26-14)12(15(16,17)18)24-7-4-2-6(19)3-5-7/h2-5,8-13,22-23H,19H2,1H3,(H,20,21)/t8-,9-,10+,11+,12?,13-/m1/s1. The van der Waals surface area contributed by atoms with Crippen LogP contribution in [0.4, 0.5) is 18.9 Å². The van der Waals surface area contributed by atoms with E-state index in [9.17, 15) is 23.4 Å². The van der Waals surface area contributed by atoms with Crippen LogP contribution in [-0.4, -0.2) is 64.5 Å². The fourth-order valence-corrected chi connectivity index (χ4v) is 3.84. The van der Waals surface area contributed by atoms with Crippen molar-refractivity contribution in [3.05, 3.63) is 24.3 Å². The summed E-state index contributed by atoms with van der Waals surface area (Å²) in [4.78, 5) is 4.11. The Morgan fingerprint density at radius 2 is 1.92 bits per heavy atom. The van der Waals surface area contributed by atoms with Crippen LogP contribution in [0.3, 0.4) is 0 Å². The number of aliphatic hydroxyl groups is 2. The van der Waals surface area contributed by atoms with Gasteiger partial charge in [-0.25, -0.2) is 0 Å². The molecule has 2 heterocycles. The summed E-state index contributed by atoms with van der Waals surface area (Å²) in [7, 11) is 1.59. The lowest BCUT2D eigenvalue weighted by atomic mass is 9.94.